The Morgan fingerprint density at radius 1 is 1.40 bits per heavy atom. The molecule has 1 aliphatic heterocycles. The van der Waals surface area contributed by atoms with Crippen molar-refractivity contribution < 1.29 is 9.59 Å². The largest absolute Gasteiger partial charge is 0.343 e. The van der Waals surface area contributed by atoms with Crippen LogP contribution in [0.25, 0.3) is 6.08 Å². The van der Waals surface area contributed by atoms with Crippen molar-refractivity contribution in [2.45, 2.75) is 0 Å². The van der Waals surface area contributed by atoms with Crippen LogP contribution in [-0.2, 0) is 4.79 Å². The minimum atomic E-state index is -0.637. The third-order valence-electron chi connectivity index (χ3n) is 1.89. The number of imide groups is 1. The van der Waals surface area contributed by atoms with Gasteiger partial charge >= 0.3 is 6.03 Å². The summed E-state index contributed by atoms with van der Waals surface area (Å²) in [7, 11) is 0. The Morgan fingerprint density at radius 2 is 2.20 bits per heavy atom. The van der Waals surface area contributed by atoms with Gasteiger partial charge in [-0.15, -0.1) is 0 Å². The zero-order valence-corrected chi connectivity index (χ0v) is 7.68. The van der Waals surface area contributed by atoms with Gasteiger partial charge in [-0.3, -0.25) is 9.78 Å². The minimum absolute atomic E-state index is 0.126. The summed E-state index contributed by atoms with van der Waals surface area (Å²) in [5, 5.41) is 2.86. The Balaban J connectivity index is 2.30. The van der Waals surface area contributed by atoms with Crippen molar-refractivity contribution in [1.82, 2.24) is 15.3 Å². The maximum atomic E-state index is 11.3. The molecule has 1 saturated heterocycles. The summed E-state index contributed by atoms with van der Waals surface area (Å²) in [6.07, 6.45) is 3.06. The van der Waals surface area contributed by atoms with E-state index in [1.165, 1.54) is 6.08 Å². The summed E-state index contributed by atoms with van der Waals surface area (Å²) in [4.78, 5) is 26.3. The number of rotatable bonds is 1. The molecule has 0 radical (unpaired) electrons. The number of aromatic nitrogens is 1. The lowest BCUT2D eigenvalue weighted by Gasteiger charge is -1.99. The standard InChI is InChI=1S/C9H8N4O2/c10-13-8(14)7(12-9(13)15)5-6-3-1-2-4-11-6/h1-5H,10H2,(H,12,15)/b7-5+. The molecule has 0 saturated carbocycles. The molecule has 3 amide bonds. The molecule has 1 fully saturated rings. The molecule has 6 heteroatoms. The highest BCUT2D eigenvalue weighted by molar-refractivity contribution is 6.13. The topological polar surface area (TPSA) is 88.3 Å². The monoisotopic (exact) mass is 204 g/mol. The molecule has 2 heterocycles. The fourth-order valence-electron chi connectivity index (χ4n) is 1.16. The molecular weight excluding hydrogens is 196 g/mol. The molecule has 6 nitrogen and oxygen atoms in total. The molecule has 0 aliphatic carbocycles. The number of hydrogen-bond donors (Lipinski definition) is 2. The maximum Gasteiger partial charge on any atom is 0.343 e. The van der Waals surface area contributed by atoms with E-state index in [1.54, 1.807) is 24.4 Å². The van der Waals surface area contributed by atoms with Gasteiger partial charge in [0.25, 0.3) is 5.91 Å². The first-order valence-electron chi connectivity index (χ1n) is 4.21. The lowest BCUT2D eigenvalue weighted by Crippen LogP contribution is -2.37. The van der Waals surface area contributed by atoms with Gasteiger partial charge in [0.05, 0.1) is 5.69 Å². The van der Waals surface area contributed by atoms with Crippen LogP contribution < -0.4 is 11.2 Å². The number of carbonyl (C=O) groups is 2. The third-order valence-corrected chi connectivity index (χ3v) is 1.89. The van der Waals surface area contributed by atoms with Gasteiger partial charge in [-0.2, -0.15) is 5.01 Å². The van der Waals surface area contributed by atoms with Gasteiger partial charge in [-0.05, 0) is 18.2 Å². The Labute approximate surface area is 85.4 Å². The molecule has 0 atom stereocenters. The van der Waals surface area contributed by atoms with Crippen LogP contribution in [0.4, 0.5) is 4.79 Å². The van der Waals surface area contributed by atoms with E-state index in [0.717, 1.165) is 0 Å². The number of hydrogen-bond acceptors (Lipinski definition) is 4. The molecule has 1 aliphatic rings. The molecule has 1 aromatic rings. The predicted octanol–water partition coefficient (Wildman–Crippen LogP) is -0.152. The van der Waals surface area contributed by atoms with E-state index in [1.807, 2.05) is 0 Å². The number of pyridine rings is 1. The number of nitrogens with zero attached hydrogens (tertiary/aromatic N) is 2. The molecule has 76 valence electrons. The lowest BCUT2D eigenvalue weighted by atomic mass is 10.3. The molecule has 0 spiro atoms. The van der Waals surface area contributed by atoms with Crippen LogP contribution in [-0.4, -0.2) is 21.9 Å². The van der Waals surface area contributed by atoms with Crippen molar-refractivity contribution in [3.05, 3.63) is 35.8 Å². The Kier molecular flexibility index (Phi) is 2.18. The fraction of sp³-hybridized carbons (Fsp3) is 0. The molecule has 0 unspecified atom stereocenters. The lowest BCUT2D eigenvalue weighted by molar-refractivity contribution is -0.123. The second kappa shape index (κ2) is 3.50. The Morgan fingerprint density at radius 3 is 2.73 bits per heavy atom. The van der Waals surface area contributed by atoms with Crippen molar-refractivity contribution in [3.63, 3.8) is 0 Å². The van der Waals surface area contributed by atoms with Crippen LogP contribution in [0.5, 0.6) is 0 Å². The predicted molar refractivity (Wildman–Crippen MR) is 51.8 cm³/mol. The zero-order valence-electron chi connectivity index (χ0n) is 7.68. The number of urea groups is 1. The van der Waals surface area contributed by atoms with E-state index < -0.39 is 11.9 Å². The van der Waals surface area contributed by atoms with E-state index in [4.69, 9.17) is 5.84 Å². The van der Waals surface area contributed by atoms with Crippen LogP contribution in [0, 0.1) is 0 Å². The van der Waals surface area contributed by atoms with Gasteiger partial charge in [0, 0.05) is 6.20 Å². The highest BCUT2D eigenvalue weighted by Gasteiger charge is 2.31. The molecule has 1 aromatic heterocycles. The smallest absolute Gasteiger partial charge is 0.301 e. The Bertz CT molecular complexity index is 441. The van der Waals surface area contributed by atoms with Crippen LogP contribution in [0.3, 0.4) is 0 Å². The van der Waals surface area contributed by atoms with Crippen molar-refractivity contribution in [2.24, 2.45) is 5.84 Å². The van der Waals surface area contributed by atoms with Gasteiger partial charge in [0.1, 0.15) is 5.70 Å². The second-order valence-corrected chi connectivity index (χ2v) is 2.92. The molecule has 0 bridgehead atoms. The van der Waals surface area contributed by atoms with Crippen LogP contribution >= 0.6 is 0 Å². The summed E-state index contributed by atoms with van der Waals surface area (Å²) in [6, 6.07) is 4.61. The molecular formula is C9H8N4O2. The quantitative estimate of drug-likeness (QED) is 0.288. The second-order valence-electron chi connectivity index (χ2n) is 2.92. The van der Waals surface area contributed by atoms with Crippen LogP contribution in [0.2, 0.25) is 0 Å². The average Bonchev–Trinajstić information content (AvgIpc) is 2.48. The number of amides is 3. The summed E-state index contributed by atoms with van der Waals surface area (Å²) in [5.74, 6) is 4.61. The number of hydrazine groups is 1. The van der Waals surface area contributed by atoms with Gasteiger partial charge in [0.2, 0.25) is 0 Å². The van der Waals surface area contributed by atoms with E-state index in [0.29, 0.717) is 10.7 Å². The maximum absolute atomic E-state index is 11.3. The molecule has 0 aromatic carbocycles. The van der Waals surface area contributed by atoms with Crippen LogP contribution in [0.15, 0.2) is 30.1 Å². The van der Waals surface area contributed by atoms with Crippen molar-refractivity contribution >= 4 is 18.0 Å². The highest BCUT2D eigenvalue weighted by Crippen LogP contribution is 2.09. The first kappa shape index (κ1) is 9.35. The van der Waals surface area contributed by atoms with Gasteiger partial charge in [0.15, 0.2) is 0 Å². The summed E-state index contributed by atoms with van der Waals surface area (Å²) >= 11 is 0. The van der Waals surface area contributed by atoms with Gasteiger partial charge in [-0.1, -0.05) is 6.07 Å². The Hall–Kier alpha value is -2.21. The SMILES string of the molecule is NN1C(=O)N/C(=C/c2ccccn2)C1=O. The summed E-state index contributed by atoms with van der Waals surface area (Å²) < 4.78 is 0. The van der Waals surface area contributed by atoms with Crippen molar-refractivity contribution in [2.75, 3.05) is 0 Å². The number of carbonyl (C=O) groups excluding carboxylic acids is 2. The van der Waals surface area contributed by atoms with Crippen LogP contribution in [0.1, 0.15) is 5.69 Å². The van der Waals surface area contributed by atoms with E-state index in [-0.39, 0.29) is 5.70 Å². The summed E-state index contributed by atoms with van der Waals surface area (Å²) in [6.45, 7) is 0. The van der Waals surface area contributed by atoms with E-state index >= 15 is 0 Å². The van der Waals surface area contributed by atoms with Gasteiger partial charge < -0.3 is 5.32 Å². The zero-order chi connectivity index (χ0) is 10.8. The average molecular weight is 204 g/mol. The molecule has 3 N–H and O–H groups in total. The van der Waals surface area contributed by atoms with E-state index in [9.17, 15) is 9.59 Å². The van der Waals surface area contributed by atoms with Crippen molar-refractivity contribution in [1.29, 1.82) is 0 Å². The minimum Gasteiger partial charge on any atom is -0.301 e. The van der Waals surface area contributed by atoms with Crippen molar-refractivity contribution in [3.8, 4) is 0 Å². The van der Waals surface area contributed by atoms with E-state index in [2.05, 4.69) is 10.3 Å². The molecule has 2 rings (SSSR count). The van der Waals surface area contributed by atoms with Gasteiger partial charge in [-0.25, -0.2) is 10.6 Å². The third kappa shape index (κ3) is 1.70. The summed E-state index contributed by atoms with van der Waals surface area (Å²) in [5.41, 5.74) is 0.706. The first-order chi connectivity index (χ1) is 7.18. The normalized spacial score (nSPS) is 18.5. The highest BCUT2D eigenvalue weighted by atomic mass is 16.2. The molecule has 15 heavy (non-hydrogen) atoms. The number of nitrogens with two attached hydrogens (primary N) is 1. The fourth-order valence-corrected chi connectivity index (χ4v) is 1.16. The number of nitrogens with one attached hydrogen (secondary N) is 1. The first-order valence-corrected chi connectivity index (χ1v) is 4.21.